The molecule has 1 aromatic carbocycles. The van der Waals surface area contributed by atoms with E-state index in [1.54, 1.807) is 0 Å². The predicted octanol–water partition coefficient (Wildman–Crippen LogP) is 4.78. The minimum atomic E-state index is 0.834. The molecule has 0 unspecified atom stereocenters. The number of hydrogen-bond donors (Lipinski definition) is 0. The van der Waals surface area contributed by atoms with Gasteiger partial charge >= 0.3 is 0 Å². The third kappa shape index (κ3) is 5.64. The van der Waals surface area contributed by atoms with Crippen LogP contribution < -0.4 is 4.74 Å². The van der Waals surface area contributed by atoms with Gasteiger partial charge in [-0.15, -0.1) is 0 Å². The highest BCUT2D eigenvalue weighted by molar-refractivity contribution is 5.27. The molecular weight excluding hydrogens is 270 g/mol. The molecule has 1 aliphatic rings. The minimum Gasteiger partial charge on any atom is -0.494 e. The van der Waals surface area contributed by atoms with Crippen LogP contribution in [0.3, 0.4) is 0 Å². The van der Waals surface area contributed by atoms with Crippen molar-refractivity contribution in [2.75, 3.05) is 26.2 Å². The van der Waals surface area contributed by atoms with E-state index in [4.69, 9.17) is 4.74 Å². The maximum atomic E-state index is 5.72. The van der Waals surface area contributed by atoms with Gasteiger partial charge < -0.3 is 9.64 Å². The van der Waals surface area contributed by atoms with Crippen LogP contribution >= 0.6 is 0 Å². The molecule has 22 heavy (non-hydrogen) atoms. The van der Waals surface area contributed by atoms with E-state index >= 15 is 0 Å². The molecule has 0 aromatic heterocycles. The Morgan fingerprint density at radius 3 is 2.41 bits per heavy atom. The first-order valence-electron chi connectivity index (χ1n) is 9.13. The Labute approximate surface area is 136 Å². The van der Waals surface area contributed by atoms with Crippen LogP contribution in [0.1, 0.15) is 52.0 Å². The van der Waals surface area contributed by atoms with Gasteiger partial charge in [0.1, 0.15) is 5.75 Å². The Balaban J connectivity index is 1.69. The van der Waals surface area contributed by atoms with Crippen molar-refractivity contribution in [1.29, 1.82) is 0 Å². The fraction of sp³-hybridized carbons (Fsp3) is 0.700. The van der Waals surface area contributed by atoms with Crippen LogP contribution in [0.4, 0.5) is 0 Å². The number of rotatable bonds is 8. The summed E-state index contributed by atoms with van der Waals surface area (Å²) in [4.78, 5) is 2.63. The molecule has 1 heterocycles. The summed E-state index contributed by atoms with van der Waals surface area (Å²) in [7, 11) is 0. The predicted molar refractivity (Wildman–Crippen MR) is 94.6 cm³/mol. The van der Waals surface area contributed by atoms with E-state index in [9.17, 15) is 0 Å². The van der Waals surface area contributed by atoms with Gasteiger partial charge in [0.15, 0.2) is 0 Å². The molecule has 0 radical (unpaired) electrons. The van der Waals surface area contributed by atoms with Crippen LogP contribution in [0.25, 0.3) is 0 Å². The van der Waals surface area contributed by atoms with Crippen molar-refractivity contribution < 1.29 is 4.74 Å². The van der Waals surface area contributed by atoms with Crippen LogP contribution in [0, 0.1) is 11.8 Å². The second-order valence-corrected chi connectivity index (χ2v) is 7.02. The summed E-state index contributed by atoms with van der Waals surface area (Å²) in [6.07, 6.45) is 6.23. The average molecular weight is 303 g/mol. The van der Waals surface area contributed by atoms with Gasteiger partial charge in [-0.2, -0.15) is 0 Å². The van der Waals surface area contributed by atoms with E-state index in [-0.39, 0.29) is 0 Å². The number of nitrogens with zero attached hydrogens (tertiary/aromatic N) is 1. The SMILES string of the molecule is CCCCOc1ccc(CCN2CCC(C(C)C)CC2)cc1. The van der Waals surface area contributed by atoms with Gasteiger partial charge in [-0.1, -0.05) is 39.3 Å². The molecule has 0 bridgehead atoms. The third-order valence-corrected chi connectivity index (χ3v) is 4.98. The molecule has 0 atom stereocenters. The molecule has 1 aromatic rings. The van der Waals surface area contributed by atoms with Crippen molar-refractivity contribution in [3.63, 3.8) is 0 Å². The zero-order chi connectivity index (χ0) is 15.8. The van der Waals surface area contributed by atoms with Crippen LogP contribution in [0.5, 0.6) is 5.75 Å². The standard InChI is InChI=1S/C20H33NO/c1-4-5-16-22-20-8-6-18(7-9-20)10-13-21-14-11-19(12-15-21)17(2)3/h6-9,17,19H,4-5,10-16H2,1-3H3. The molecule has 0 spiro atoms. The first-order chi connectivity index (χ1) is 10.7. The molecule has 2 heteroatoms. The molecule has 124 valence electrons. The van der Waals surface area contributed by atoms with Gasteiger partial charge in [0.25, 0.3) is 0 Å². The number of piperidine rings is 1. The number of ether oxygens (including phenoxy) is 1. The maximum absolute atomic E-state index is 5.72. The largest absolute Gasteiger partial charge is 0.494 e. The summed E-state index contributed by atoms with van der Waals surface area (Å²) in [6.45, 7) is 11.5. The quantitative estimate of drug-likeness (QED) is 0.641. The van der Waals surface area contributed by atoms with E-state index in [2.05, 4.69) is 49.9 Å². The topological polar surface area (TPSA) is 12.5 Å². The Morgan fingerprint density at radius 2 is 1.82 bits per heavy atom. The average Bonchev–Trinajstić information content (AvgIpc) is 2.55. The summed E-state index contributed by atoms with van der Waals surface area (Å²) in [6, 6.07) is 8.69. The zero-order valence-corrected chi connectivity index (χ0v) is 14.7. The monoisotopic (exact) mass is 303 g/mol. The van der Waals surface area contributed by atoms with E-state index in [1.165, 1.54) is 44.5 Å². The Bertz CT molecular complexity index is 404. The van der Waals surface area contributed by atoms with Crippen LogP contribution in [0.15, 0.2) is 24.3 Å². The molecule has 2 nitrogen and oxygen atoms in total. The highest BCUT2D eigenvalue weighted by Gasteiger charge is 2.20. The van der Waals surface area contributed by atoms with Crippen molar-refractivity contribution in [3.05, 3.63) is 29.8 Å². The van der Waals surface area contributed by atoms with Gasteiger partial charge in [0, 0.05) is 6.54 Å². The molecule has 0 aliphatic carbocycles. The molecule has 1 saturated heterocycles. The first-order valence-corrected chi connectivity index (χ1v) is 9.13. The smallest absolute Gasteiger partial charge is 0.119 e. The molecule has 2 rings (SSSR count). The minimum absolute atomic E-state index is 0.834. The second-order valence-electron chi connectivity index (χ2n) is 7.02. The summed E-state index contributed by atoms with van der Waals surface area (Å²) in [5.41, 5.74) is 1.42. The van der Waals surface area contributed by atoms with Crippen LogP contribution in [-0.4, -0.2) is 31.1 Å². The Kier molecular flexibility index (Phi) is 7.24. The number of likely N-dealkylation sites (tertiary alicyclic amines) is 1. The van der Waals surface area contributed by atoms with Crippen LogP contribution in [-0.2, 0) is 6.42 Å². The molecule has 1 aliphatic heterocycles. The van der Waals surface area contributed by atoms with E-state index in [0.717, 1.165) is 37.0 Å². The fourth-order valence-electron chi connectivity index (χ4n) is 3.22. The number of benzene rings is 1. The lowest BCUT2D eigenvalue weighted by Gasteiger charge is -2.33. The molecular formula is C20H33NO. The Hall–Kier alpha value is -1.02. The van der Waals surface area contributed by atoms with Crippen molar-refractivity contribution >= 4 is 0 Å². The van der Waals surface area contributed by atoms with Gasteiger partial charge in [-0.05, 0) is 68.3 Å². The van der Waals surface area contributed by atoms with Crippen molar-refractivity contribution in [2.45, 2.75) is 52.9 Å². The molecule has 0 N–H and O–H groups in total. The van der Waals surface area contributed by atoms with E-state index in [1.807, 2.05) is 0 Å². The van der Waals surface area contributed by atoms with Crippen LogP contribution in [0.2, 0.25) is 0 Å². The van der Waals surface area contributed by atoms with Gasteiger partial charge in [-0.25, -0.2) is 0 Å². The number of hydrogen-bond acceptors (Lipinski definition) is 2. The zero-order valence-electron chi connectivity index (χ0n) is 14.7. The fourth-order valence-corrected chi connectivity index (χ4v) is 3.22. The van der Waals surface area contributed by atoms with Gasteiger partial charge in [0.2, 0.25) is 0 Å². The first kappa shape index (κ1) is 17.3. The maximum Gasteiger partial charge on any atom is 0.119 e. The second kappa shape index (κ2) is 9.19. The Morgan fingerprint density at radius 1 is 1.14 bits per heavy atom. The summed E-state index contributed by atoms with van der Waals surface area (Å²) in [5.74, 6) is 2.80. The number of unbranched alkanes of at least 4 members (excludes halogenated alkanes) is 1. The summed E-state index contributed by atoms with van der Waals surface area (Å²) < 4.78 is 5.72. The third-order valence-electron chi connectivity index (χ3n) is 4.98. The lowest BCUT2D eigenvalue weighted by atomic mass is 9.86. The van der Waals surface area contributed by atoms with Crippen molar-refractivity contribution in [2.24, 2.45) is 11.8 Å². The van der Waals surface area contributed by atoms with Crippen molar-refractivity contribution in [1.82, 2.24) is 4.90 Å². The molecule has 0 amide bonds. The normalized spacial score (nSPS) is 17.1. The van der Waals surface area contributed by atoms with Gasteiger partial charge in [0.05, 0.1) is 6.61 Å². The molecule has 0 saturated carbocycles. The summed E-state index contributed by atoms with van der Waals surface area (Å²) in [5, 5.41) is 0. The van der Waals surface area contributed by atoms with E-state index < -0.39 is 0 Å². The van der Waals surface area contributed by atoms with Crippen molar-refractivity contribution in [3.8, 4) is 5.75 Å². The van der Waals surface area contributed by atoms with E-state index in [0.29, 0.717) is 0 Å². The highest BCUT2D eigenvalue weighted by Crippen LogP contribution is 2.24. The van der Waals surface area contributed by atoms with Gasteiger partial charge in [-0.3, -0.25) is 0 Å². The highest BCUT2D eigenvalue weighted by atomic mass is 16.5. The lowest BCUT2D eigenvalue weighted by Crippen LogP contribution is -2.36. The lowest BCUT2D eigenvalue weighted by molar-refractivity contribution is 0.159. The molecule has 1 fully saturated rings. The summed E-state index contributed by atoms with van der Waals surface area (Å²) >= 11 is 0.